The van der Waals surface area contributed by atoms with Crippen LogP contribution in [0.3, 0.4) is 0 Å². The first kappa shape index (κ1) is 19.4. The Morgan fingerprint density at radius 2 is 1.88 bits per heavy atom. The average molecular weight is 381 g/mol. The number of sulfonamides is 1. The van der Waals surface area contributed by atoms with Gasteiger partial charge in [-0.05, 0) is 37.3 Å². The molecule has 1 N–H and O–H groups in total. The predicted octanol–water partition coefficient (Wildman–Crippen LogP) is 3.78. The van der Waals surface area contributed by atoms with Crippen molar-refractivity contribution in [1.82, 2.24) is 9.71 Å². The Morgan fingerprint density at radius 3 is 2.48 bits per heavy atom. The third kappa shape index (κ3) is 4.80. The zero-order valence-electron chi connectivity index (χ0n) is 14.6. The SMILES string of the molecule is CCS(=O)(=O)NC(=O)c1ccc(Cl)c(-c2cccc(C(C)(C)C)n2)c1. The first-order chi connectivity index (χ1) is 11.5. The van der Waals surface area contributed by atoms with Gasteiger partial charge in [0.1, 0.15) is 0 Å². The van der Waals surface area contributed by atoms with E-state index in [1.165, 1.54) is 13.0 Å². The summed E-state index contributed by atoms with van der Waals surface area (Å²) in [6.07, 6.45) is 0. The van der Waals surface area contributed by atoms with Crippen molar-refractivity contribution in [2.75, 3.05) is 5.75 Å². The predicted molar refractivity (Wildman–Crippen MR) is 100 cm³/mol. The molecule has 7 heteroatoms. The summed E-state index contributed by atoms with van der Waals surface area (Å²) in [4.78, 5) is 16.8. The van der Waals surface area contributed by atoms with Crippen molar-refractivity contribution in [1.29, 1.82) is 0 Å². The van der Waals surface area contributed by atoms with Crippen LogP contribution in [-0.2, 0) is 15.4 Å². The third-order valence-electron chi connectivity index (χ3n) is 3.65. The molecule has 0 spiro atoms. The molecule has 0 unspecified atom stereocenters. The van der Waals surface area contributed by atoms with E-state index in [4.69, 9.17) is 11.6 Å². The van der Waals surface area contributed by atoms with Crippen LogP contribution in [0, 0.1) is 0 Å². The van der Waals surface area contributed by atoms with E-state index >= 15 is 0 Å². The maximum atomic E-state index is 12.2. The van der Waals surface area contributed by atoms with Gasteiger partial charge in [-0.1, -0.05) is 38.4 Å². The number of amides is 1. The molecule has 1 aromatic heterocycles. The van der Waals surface area contributed by atoms with Crippen LogP contribution in [-0.4, -0.2) is 25.1 Å². The smallest absolute Gasteiger partial charge is 0.264 e. The van der Waals surface area contributed by atoms with Gasteiger partial charge in [0.05, 0.1) is 16.5 Å². The zero-order chi connectivity index (χ0) is 18.8. The largest absolute Gasteiger partial charge is 0.268 e. The number of halogens is 1. The van der Waals surface area contributed by atoms with Gasteiger partial charge in [0.2, 0.25) is 10.0 Å². The second-order valence-corrected chi connectivity index (χ2v) is 9.11. The van der Waals surface area contributed by atoms with Crippen molar-refractivity contribution in [3.8, 4) is 11.3 Å². The molecule has 0 aliphatic carbocycles. The van der Waals surface area contributed by atoms with Gasteiger partial charge in [0, 0.05) is 22.2 Å². The Kier molecular flexibility index (Phi) is 5.54. The maximum absolute atomic E-state index is 12.2. The molecule has 0 aliphatic rings. The lowest BCUT2D eigenvalue weighted by Crippen LogP contribution is -2.31. The standard InChI is InChI=1S/C18H21ClN2O3S/c1-5-25(23,24)21-17(22)12-9-10-14(19)13(11-12)15-7-6-8-16(20-15)18(2,3)4/h6-11H,5H2,1-4H3,(H,21,22). The van der Waals surface area contributed by atoms with Crippen LogP contribution in [0.25, 0.3) is 11.3 Å². The molecular formula is C18H21ClN2O3S. The number of carbonyl (C=O) groups excluding carboxylic acids is 1. The Hall–Kier alpha value is -1.92. The second-order valence-electron chi connectivity index (χ2n) is 6.69. The molecule has 0 aliphatic heterocycles. The van der Waals surface area contributed by atoms with E-state index in [0.717, 1.165) is 5.69 Å². The van der Waals surface area contributed by atoms with Gasteiger partial charge in [-0.3, -0.25) is 9.78 Å². The van der Waals surface area contributed by atoms with Gasteiger partial charge in [0.15, 0.2) is 0 Å². The highest BCUT2D eigenvalue weighted by Gasteiger charge is 2.18. The van der Waals surface area contributed by atoms with Crippen LogP contribution < -0.4 is 4.72 Å². The fourth-order valence-corrected chi connectivity index (χ4v) is 2.90. The molecule has 2 rings (SSSR count). The highest BCUT2D eigenvalue weighted by Crippen LogP contribution is 2.30. The minimum Gasteiger partial charge on any atom is -0.268 e. The Morgan fingerprint density at radius 1 is 1.20 bits per heavy atom. The quantitative estimate of drug-likeness (QED) is 0.875. The summed E-state index contributed by atoms with van der Waals surface area (Å²) in [7, 11) is -3.63. The lowest BCUT2D eigenvalue weighted by atomic mass is 9.91. The van der Waals surface area contributed by atoms with E-state index in [1.54, 1.807) is 18.2 Å². The molecule has 0 saturated carbocycles. The Labute approximate surface area is 153 Å². The number of pyridine rings is 1. The summed E-state index contributed by atoms with van der Waals surface area (Å²) in [5, 5.41) is 0.438. The minimum absolute atomic E-state index is 0.132. The van der Waals surface area contributed by atoms with E-state index in [-0.39, 0.29) is 16.7 Å². The molecule has 1 aromatic carbocycles. The van der Waals surface area contributed by atoms with Crippen molar-refractivity contribution in [2.45, 2.75) is 33.1 Å². The fraction of sp³-hybridized carbons (Fsp3) is 0.333. The minimum atomic E-state index is -3.63. The van der Waals surface area contributed by atoms with Crippen molar-refractivity contribution < 1.29 is 13.2 Å². The molecule has 0 saturated heterocycles. The van der Waals surface area contributed by atoms with Gasteiger partial charge in [-0.2, -0.15) is 0 Å². The molecule has 0 atom stereocenters. The van der Waals surface area contributed by atoms with Crippen molar-refractivity contribution in [3.05, 3.63) is 52.7 Å². The van der Waals surface area contributed by atoms with Gasteiger partial charge in [-0.15, -0.1) is 0 Å². The monoisotopic (exact) mass is 380 g/mol. The molecular weight excluding hydrogens is 360 g/mol. The molecule has 5 nitrogen and oxygen atoms in total. The van der Waals surface area contributed by atoms with Gasteiger partial charge < -0.3 is 0 Å². The van der Waals surface area contributed by atoms with Crippen molar-refractivity contribution >= 4 is 27.5 Å². The maximum Gasteiger partial charge on any atom is 0.264 e. The van der Waals surface area contributed by atoms with E-state index in [2.05, 4.69) is 25.8 Å². The van der Waals surface area contributed by atoms with Crippen LogP contribution in [0.2, 0.25) is 5.02 Å². The number of benzene rings is 1. The summed E-state index contributed by atoms with van der Waals surface area (Å²) >= 11 is 6.27. The number of carbonyl (C=O) groups is 1. The van der Waals surface area contributed by atoms with E-state index in [9.17, 15) is 13.2 Å². The highest BCUT2D eigenvalue weighted by molar-refractivity contribution is 7.90. The van der Waals surface area contributed by atoms with Crippen LogP contribution in [0.15, 0.2) is 36.4 Å². The van der Waals surface area contributed by atoms with Gasteiger partial charge in [-0.25, -0.2) is 13.1 Å². The summed E-state index contributed by atoms with van der Waals surface area (Å²) in [5.41, 5.74) is 2.18. The lowest BCUT2D eigenvalue weighted by Gasteiger charge is -2.18. The van der Waals surface area contributed by atoms with Gasteiger partial charge >= 0.3 is 0 Å². The van der Waals surface area contributed by atoms with Crippen LogP contribution in [0.1, 0.15) is 43.7 Å². The summed E-state index contributed by atoms with van der Waals surface area (Å²) in [6, 6.07) is 10.2. The van der Waals surface area contributed by atoms with Crippen LogP contribution in [0.4, 0.5) is 0 Å². The van der Waals surface area contributed by atoms with Crippen molar-refractivity contribution in [3.63, 3.8) is 0 Å². The molecule has 134 valence electrons. The molecule has 1 amide bonds. The first-order valence-electron chi connectivity index (χ1n) is 7.86. The topological polar surface area (TPSA) is 76.1 Å². The summed E-state index contributed by atoms with van der Waals surface area (Å²) in [5.74, 6) is -0.860. The first-order valence-corrected chi connectivity index (χ1v) is 9.89. The van der Waals surface area contributed by atoms with E-state index in [0.29, 0.717) is 16.3 Å². The average Bonchev–Trinajstić information content (AvgIpc) is 2.54. The lowest BCUT2D eigenvalue weighted by molar-refractivity contribution is 0.0981. The van der Waals surface area contributed by atoms with Crippen LogP contribution in [0.5, 0.6) is 0 Å². The van der Waals surface area contributed by atoms with E-state index in [1.807, 2.05) is 16.9 Å². The van der Waals surface area contributed by atoms with Crippen LogP contribution >= 0.6 is 11.6 Å². The molecule has 1 heterocycles. The number of nitrogens with zero attached hydrogens (tertiary/aromatic N) is 1. The molecule has 0 bridgehead atoms. The molecule has 0 fully saturated rings. The Balaban J connectivity index is 2.45. The van der Waals surface area contributed by atoms with Gasteiger partial charge in [0.25, 0.3) is 5.91 Å². The second kappa shape index (κ2) is 7.14. The number of nitrogens with one attached hydrogen (secondary N) is 1. The fourth-order valence-electron chi connectivity index (χ4n) is 2.14. The number of rotatable bonds is 4. The zero-order valence-corrected chi connectivity index (χ0v) is 16.2. The normalized spacial score (nSPS) is 12.0. The van der Waals surface area contributed by atoms with Crippen molar-refractivity contribution in [2.24, 2.45) is 0 Å². The Bertz CT molecular complexity index is 903. The number of hydrogen-bond acceptors (Lipinski definition) is 4. The molecule has 25 heavy (non-hydrogen) atoms. The molecule has 0 radical (unpaired) electrons. The molecule has 2 aromatic rings. The summed E-state index contributed by atoms with van der Waals surface area (Å²) < 4.78 is 25.2. The number of aromatic nitrogens is 1. The van der Waals surface area contributed by atoms with E-state index < -0.39 is 15.9 Å². The summed E-state index contributed by atoms with van der Waals surface area (Å²) in [6.45, 7) is 7.63. The highest BCUT2D eigenvalue weighted by atomic mass is 35.5. The number of hydrogen-bond donors (Lipinski definition) is 1. The third-order valence-corrected chi connectivity index (χ3v) is 5.24.